The van der Waals surface area contributed by atoms with Gasteiger partial charge in [-0.15, -0.1) is 0 Å². The molecule has 1 saturated heterocycles. The van der Waals surface area contributed by atoms with Gasteiger partial charge in [0.2, 0.25) is 0 Å². The molecule has 1 aliphatic carbocycles. The maximum absolute atomic E-state index is 13.1. The molecule has 0 spiro atoms. The van der Waals surface area contributed by atoms with E-state index in [4.69, 9.17) is 10.5 Å². The number of nitrogens with zero attached hydrogens (tertiary/aromatic N) is 3. The Balaban J connectivity index is 1.49. The molecule has 2 aliphatic heterocycles. The third-order valence-corrected chi connectivity index (χ3v) is 8.75. The molecule has 2 unspecified atom stereocenters. The normalized spacial score (nSPS) is 27.4. The Labute approximate surface area is 194 Å². The van der Waals surface area contributed by atoms with Crippen molar-refractivity contribution in [3.63, 3.8) is 0 Å². The highest BCUT2D eigenvalue weighted by Crippen LogP contribution is 2.34. The summed E-state index contributed by atoms with van der Waals surface area (Å²) >= 11 is 0. The van der Waals surface area contributed by atoms with Gasteiger partial charge in [0, 0.05) is 45.9 Å². The van der Waals surface area contributed by atoms with Gasteiger partial charge in [-0.25, -0.2) is 0 Å². The first-order chi connectivity index (χ1) is 15.2. The summed E-state index contributed by atoms with van der Waals surface area (Å²) in [5.74, 6) is -0.362. The van der Waals surface area contributed by atoms with Crippen molar-refractivity contribution < 1.29 is 14.3 Å². The van der Waals surface area contributed by atoms with E-state index >= 15 is 0 Å². The molecule has 3 aliphatic rings. The van der Waals surface area contributed by atoms with Crippen LogP contribution < -0.4 is 11.1 Å². The summed E-state index contributed by atoms with van der Waals surface area (Å²) in [6.45, 7) is 9.26. The van der Waals surface area contributed by atoms with Crippen LogP contribution in [-0.2, 0) is 14.3 Å². The van der Waals surface area contributed by atoms with E-state index in [1.165, 1.54) is 25.7 Å². The summed E-state index contributed by atoms with van der Waals surface area (Å²) in [5, 5.41) is 9.16. The molecule has 0 aromatic rings. The minimum Gasteiger partial charge on any atom is -0.360 e. The lowest BCUT2D eigenvalue weighted by Gasteiger charge is -2.39. The Morgan fingerprint density at radius 3 is 2.59 bits per heavy atom. The number of carbonyl (C=O) groups is 2. The molecule has 2 amide bonds. The number of hydrazone groups is 1. The number of hydrogen-bond donors (Lipinski definition) is 2. The molecule has 0 aromatic carbocycles. The van der Waals surface area contributed by atoms with Crippen molar-refractivity contribution in [1.82, 2.24) is 15.2 Å². The van der Waals surface area contributed by atoms with Gasteiger partial charge in [0.1, 0.15) is 6.73 Å². The molecule has 3 rings (SSSR count). The van der Waals surface area contributed by atoms with Gasteiger partial charge in [0.25, 0.3) is 0 Å². The van der Waals surface area contributed by atoms with Crippen molar-refractivity contribution in [2.75, 3.05) is 26.4 Å². The second-order valence-corrected chi connectivity index (χ2v) is 16.5. The summed E-state index contributed by atoms with van der Waals surface area (Å²) in [5.41, 5.74) is 6.39. The molecule has 0 aromatic heterocycles. The number of rotatable bonds is 7. The molecule has 8 nitrogen and oxygen atoms in total. The monoisotopic (exact) mass is 465 g/mol. The van der Waals surface area contributed by atoms with E-state index in [9.17, 15) is 9.59 Å². The largest absolute Gasteiger partial charge is 0.360 e. The lowest BCUT2D eigenvalue weighted by Crippen LogP contribution is -2.57. The predicted molar refractivity (Wildman–Crippen MR) is 130 cm³/mol. The van der Waals surface area contributed by atoms with Crippen molar-refractivity contribution in [3.05, 3.63) is 0 Å². The number of amides is 2. The number of nitrogens with one attached hydrogen (secondary N) is 1. The number of ether oxygens (including phenoxy) is 1. The third kappa shape index (κ3) is 7.28. The fourth-order valence-corrected chi connectivity index (χ4v) is 5.83. The Kier molecular flexibility index (Phi) is 9.13. The highest BCUT2D eigenvalue weighted by atomic mass is 28.3. The minimum absolute atomic E-state index is 0.220. The van der Waals surface area contributed by atoms with Crippen molar-refractivity contribution in [1.29, 1.82) is 0 Å². The number of likely N-dealkylation sites (tertiary alicyclic amines) is 1. The summed E-state index contributed by atoms with van der Waals surface area (Å²) in [4.78, 5) is 27.8. The van der Waals surface area contributed by atoms with Gasteiger partial charge in [0.15, 0.2) is 0 Å². The van der Waals surface area contributed by atoms with E-state index in [0.29, 0.717) is 32.2 Å². The van der Waals surface area contributed by atoms with E-state index in [0.717, 1.165) is 31.9 Å². The minimum atomic E-state index is -1.13. The van der Waals surface area contributed by atoms with Crippen LogP contribution in [0.5, 0.6) is 0 Å². The quantitative estimate of drug-likeness (QED) is 0.342. The van der Waals surface area contributed by atoms with Gasteiger partial charge < -0.3 is 20.7 Å². The SMILES string of the molecule is C[Si](C)(C)CCOCN1CC(N)[C@@H](NC(=O)C(=O)N2CCCCC2C2CCCC2)CC=N1. The topological polar surface area (TPSA) is 100 Å². The molecule has 9 heteroatoms. The van der Waals surface area contributed by atoms with E-state index in [2.05, 4.69) is 30.1 Å². The highest BCUT2D eigenvalue weighted by molar-refractivity contribution is 6.76. The fourth-order valence-electron chi connectivity index (χ4n) is 5.07. The van der Waals surface area contributed by atoms with E-state index in [1.807, 2.05) is 9.91 Å². The Hall–Kier alpha value is -1.45. The van der Waals surface area contributed by atoms with Crippen LogP contribution in [-0.4, -0.2) is 80.6 Å². The van der Waals surface area contributed by atoms with Gasteiger partial charge in [-0.05, 0) is 44.1 Å². The maximum atomic E-state index is 13.1. The molecular formula is C23H43N5O3Si. The number of hydrogen-bond acceptors (Lipinski definition) is 6. The number of nitrogens with two attached hydrogens (primary N) is 1. The number of carbonyl (C=O) groups excluding carboxylic acids is 2. The van der Waals surface area contributed by atoms with E-state index < -0.39 is 14.0 Å². The smallest absolute Gasteiger partial charge is 0.312 e. The average Bonchev–Trinajstić information content (AvgIpc) is 3.23. The standard InChI is InChI=1S/C23H43N5O3Si/c1-32(2,3)15-14-31-17-27-16-19(24)20(11-12-25-27)26-22(29)23(30)28-13-7-6-10-21(28)18-8-4-5-9-18/h12,18-21H,4-11,13-17,24H2,1-3H3,(H,26,29)/t19?,20-,21?/m0/s1. The van der Waals surface area contributed by atoms with Crippen LogP contribution in [0.3, 0.4) is 0 Å². The molecule has 1 saturated carbocycles. The van der Waals surface area contributed by atoms with Crippen LogP contribution in [0, 0.1) is 5.92 Å². The maximum Gasteiger partial charge on any atom is 0.312 e. The third-order valence-electron chi connectivity index (χ3n) is 7.04. The lowest BCUT2D eigenvalue weighted by atomic mass is 9.89. The van der Waals surface area contributed by atoms with Crippen LogP contribution in [0.2, 0.25) is 25.7 Å². The zero-order valence-electron chi connectivity index (χ0n) is 20.2. The van der Waals surface area contributed by atoms with Crippen LogP contribution in [0.25, 0.3) is 0 Å². The second kappa shape index (κ2) is 11.6. The van der Waals surface area contributed by atoms with Crippen molar-refractivity contribution in [3.8, 4) is 0 Å². The summed E-state index contributed by atoms with van der Waals surface area (Å²) < 4.78 is 5.79. The highest BCUT2D eigenvalue weighted by Gasteiger charge is 2.37. The number of piperidine rings is 1. The molecule has 32 heavy (non-hydrogen) atoms. The molecular weight excluding hydrogens is 422 g/mol. The van der Waals surface area contributed by atoms with Crippen LogP contribution in [0.1, 0.15) is 51.4 Å². The zero-order valence-corrected chi connectivity index (χ0v) is 21.2. The zero-order chi connectivity index (χ0) is 23.1. The molecule has 3 atom stereocenters. The molecule has 2 heterocycles. The van der Waals surface area contributed by atoms with Crippen molar-refractivity contribution in [2.45, 2.75) is 95.2 Å². The Morgan fingerprint density at radius 1 is 1.16 bits per heavy atom. The van der Waals surface area contributed by atoms with Crippen LogP contribution in [0.15, 0.2) is 5.10 Å². The first-order valence-electron chi connectivity index (χ1n) is 12.5. The summed E-state index contributed by atoms with van der Waals surface area (Å²) in [7, 11) is -1.13. The first-order valence-corrected chi connectivity index (χ1v) is 16.2. The molecule has 3 N–H and O–H groups in total. The second-order valence-electron chi connectivity index (χ2n) is 10.9. The molecule has 182 valence electrons. The first kappa shape index (κ1) is 25.2. The summed E-state index contributed by atoms with van der Waals surface area (Å²) in [6, 6.07) is 0.701. The van der Waals surface area contributed by atoms with Crippen LogP contribution in [0.4, 0.5) is 0 Å². The average molecular weight is 466 g/mol. The summed E-state index contributed by atoms with van der Waals surface area (Å²) in [6.07, 6.45) is 10.3. The lowest BCUT2D eigenvalue weighted by molar-refractivity contribution is -0.149. The van der Waals surface area contributed by atoms with Crippen molar-refractivity contribution >= 4 is 26.1 Å². The predicted octanol–water partition coefficient (Wildman–Crippen LogP) is 2.37. The molecule has 0 bridgehead atoms. The van der Waals surface area contributed by atoms with Crippen molar-refractivity contribution in [2.24, 2.45) is 16.8 Å². The Morgan fingerprint density at radius 2 is 1.88 bits per heavy atom. The van der Waals surface area contributed by atoms with E-state index in [1.54, 1.807) is 6.21 Å². The Bertz CT molecular complexity index is 663. The van der Waals surface area contributed by atoms with Gasteiger partial charge in [-0.3, -0.25) is 14.6 Å². The molecule has 2 fully saturated rings. The van der Waals surface area contributed by atoms with Gasteiger partial charge in [0.05, 0.1) is 12.6 Å². The molecule has 0 radical (unpaired) electrons. The van der Waals surface area contributed by atoms with Gasteiger partial charge in [-0.2, -0.15) is 5.10 Å². The van der Waals surface area contributed by atoms with Gasteiger partial charge in [-0.1, -0.05) is 32.5 Å². The fraction of sp³-hybridized carbons (Fsp3) is 0.870. The van der Waals surface area contributed by atoms with E-state index in [-0.39, 0.29) is 24.0 Å². The van der Waals surface area contributed by atoms with Crippen LogP contribution >= 0.6 is 0 Å². The van der Waals surface area contributed by atoms with Gasteiger partial charge >= 0.3 is 11.8 Å².